The number of fused-ring (bicyclic) bond motifs is 1. The third-order valence-corrected chi connectivity index (χ3v) is 6.44. The first-order chi connectivity index (χ1) is 16.4. The van der Waals surface area contributed by atoms with E-state index in [-0.39, 0.29) is 11.3 Å². The molecule has 7 heteroatoms. The molecule has 1 atom stereocenters. The van der Waals surface area contributed by atoms with Gasteiger partial charge >= 0.3 is 0 Å². The van der Waals surface area contributed by atoms with Crippen LogP contribution >= 0.6 is 0 Å². The number of aliphatic hydroxyl groups is 1. The molecular formula is C27H30N2O5. The third kappa shape index (κ3) is 4.31. The highest BCUT2D eigenvalue weighted by Gasteiger charge is 2.47. The molecule has 1 aliphatic rings. The van der Waals surface area contributed by atoms with Crippen molar-refractivity contribution in [2.24, 2.45) is 0 Å². The van der Waals surface area contributed by atoms with E-state index in [2.05, 4.69) is 18.7 Å². The molecule has 7 nitrogen and oxygen atoms in total. The van der Waals surface area contributed by atoms with E-state index in [0.29, 0.717) is 30.2 Å². The van der Waals surface area contributed by atoms with Gasteiger partial charge in [0, 0.05) is 18.7 Å². The van der Waals surface area contributed by atoms with Crippen molar-refractivity contribution in [3.8, 4) is 5.75 Å². The number of methoxy groups -OCH3 is 1. The summed E-state index contributed by atoms with van der Waals surface area (Å²) in [5.74, 6) is 0.327. The van der Waals surface area contributed by atoms with Crippen molar-refractivity contribution in [1.29, 1.82) is 0 Å². The molecule has 0 saturated carbocycles. The fraction of sp³-hybridized carbons (Fsp3) is 0.333. The highest BCUT2D eigenvalue weighted by Crippen LogP contribution is 2.40. The number of aryl methyl sites for hydroxylation is 1. The fourth-order valence-electron chi connectivity index (χ4n) is 4.45. The van der Waals surface area contributed by atoms with Crippen molar-refractivity contribution in [1.82, 2.24) is 9.80 Å². The Morgan fingerprint density at radius 2 is 1.76 bits per heavy atom. The largest absolute Gasteiger partial charge is 0.507 e. The number of carbonyl (C=O) groups excluding carboxylic acids is 2. The summed E-state index contributed by atoms with van der Waals surface area (Å²) in [5.41, 5.74) is 0.513. The molecule has 1 N–H and O–H groups in total. The molecule has 1 saturated heterocycles. The minimum Gasteiger partial charge on any atom is -0.507 e. The standard InChI is InChI=1S/C27H30N2O5/c1-5-28(6-2)13-14-29-24(22-12-7-17(3)34-22)23(26(31)27(29)32)25(30)20-9-8-19-16-21(33-4)11-10-18(19)15-20/h7-12,15-16,24,30H,5-6,13-14H2,1-4H3/b25-23+. The number of furan rings is 1. The van der Waals surface area contributed by atoms with Gasteiger partial charge in [0.1, 0.15) is 29.1 Å². The first-order valence-electron chi connectivity index (χ1n) is 11.5. The van der Waals surface area contributed by atoms with E-state index in [9.17, 15) is 14.7 Å². The number of hydrogen-bond acceptors (Lipinski definition) is 6. The second-order valence-electron chi connectivity index (χ2n) is 8.40. The van der Waals surface area contributed by atoms with Crippen molar-refractivity contribution in [2.75, 3.05) is 33.3 Å². The third-order valence-electron chi connectivity index (χ3n) is 6.44. The van der Waals surface area contributed by atoms with Gasteiger partial charge in [-0.3, -0.25) is 9.59 Å². The van der Waals surface area contributed by atoms with Crippen LogP contribution in [0.3, 0.4) is 0 Å². The van der Waals surface area contributed by atoms with Crippen molar-refractivity contribution < 1.29 is 23.8 Å². The lowest BCUT2D eigenvalue weighted by molar-refractivity contribution is -0.140. The maximum Gasteiger partial charge on any atom is 0.295 e. The molecule has 1 unspecified atom stereocenters. The Morgan fingerprint density at radius 3 is 2.41 bits per heavy atom. The number of rotatable bonds is 8. The summed E-state index contributed by atoms with van der Waals surface area (Å²) in [5, 5.41) is 13.1. The topological polar surface area (TPSA) is 83.2 Å². The number of nitrogens with zero attached hydrogens (tertiary/aromatic N) is 2. The molecule has 0 radical (unpaired) electrons. The Morgan fingerprint density at radius 1 is 1.06 bits per heavy atom. The normalized spacial score (nSPS) is 17.8. The van der Waals surface area contributed by atoms with Crippen LogP contribution in [0, 0.1) is 6.92 Å². The smallest absolute Gasteiger partial charge is 0.295 e. The minimum atomic E-state index is -0.782. The average Bonchev–Trinajstić information content (AvgIpc) is 3.39. The highest BCUT2D eigenvalue weighted by atomic mass is 16.5. The fourth-order valence-corrected chi connectivity index (χ4v) is 4.45. The molecule has 34 heavy (non-hydrogen) atoms. The van der Waals surface area contributed by atoms with E-state index < -0.39 is 17.7 Å². The van der Waals surface area contributed by atoms with E-state index in [4.69, 9.17) is 9.15 Å². The molecule has 0 spiro atoms. The molecule has 4 rings (SSSR count). The second-order valence-corrected chi connectivity index (χ2v) is 8.40. The van der Waals surface area contributed by atoms with Crippen LogP contribution in [-0.2, 0) is 9.59 Å². The van der Waals surface area contributed by atoms with Gasteiger partial charge in [-0.15, -0.1) is 0 Å². The van der Waals surface area contributed by atoms with Gasteiger partial charge < -0.3 is 24.1 Å². The number of ketones is 1. The lowest BCUT2D eigenvalue weighted by Crippen LogP contribution is -2.37. The molecule has 0 bridgehead atoms. The van der Waals surface area contributed by atoms with Gasteiger partial charge in [0.25, 0.3) is 11.7 Å². The van der Waals surface area contributed by atoms with Gasteiger partial charge in [0.2, 0.25) is 0 Å². The number of ether oxygens (including phenoxy) is 1. The number of likely N-dealkylation sites (N-methyl/N-ethyl adjacent to an activating group) is 1. The lowest BCUT2D eigenvalue weighted by Gasteiger charge is -2.26. The number of aliphatic hydroxyl groups excluding tert-OH is 1. The molecule has 0 aliphatic carbocycles. The number of amides is 1. The van der Waals surface area contributed by atoms with E-state index in [1.54, 1.807) is 31.4 Å². The van der Waals surface area contributed by atoms with Gasteiger partial charge in [-0.05, 0) is 61.1 Å². The summed E-state index contributed by atoms with van der Waals surface area (Å²) < 4.78 is 11.1. The minimum absolute atomic E-state index is 0.0479. The number of benzene rings is 2. The average molecular weight is 463 g/mol. The molecule has 1 aromatic heterocycles. The summed E-state index contributed by atoms with van der Waals surface area (Å²) in [4.78, 5) is 29.9. The van der Waals surface area contributed by atoms with E-state index >= 15 is 0 Å². The van der Waals surface area contributed by atoms with Crippen LogP contribution in [0.1, 0.15) is 37.0 Å². The van der Waals surface area contributed by atoms with Crippen molar-refractivity contribution >= 4 is 28.2 Å². The van der Waals surface area contributed by atoms with Crippen LogP contribution in [0.25, 0.3) is 16.5 Å². The first kappa shape index (κ1) is 23.6. The van der Waals surface area contributed by atoms with E-state index in [1.165, 1.54) is 4.90 Å². The summed E-state index contributed by atoms with van der Waals surface area (Å²) >= 11 is 0. The number of carbonyl (C=O) groups is 2. The van der Waals surface area contributed by atoms with Crippen molar-refractivity contribution in [2.45, 2.75) is 26.8 Å². The van der Waals surface area contributed by atoms with Gasteiger partial charge in [-0.2, -0.15) is 0 Å². The van der Waals surface area contributed by atoms with Crippen LogP contribution in [-0.4, -0.2) is 59.9 Å². The molecule has 1 aliphatic heterocycles. The van der Waals surface area contributed by atoms with Crippen LogP contribution in [0.5, 0.6) is 5.75 Å². The zero-order valence-electron chi connectivity index (χ0n) is 20.0. The molecule has 1 amide bonds. The molecular weight excluding hydrogens is 432 g/mol. The maximum absolute atomic E-state index is 13.2. The summed E-state index contributed by atoms with van der Waals surface area (Å²) in [6, 6.07) is 13.8. The first-order valence-corrected chi connectivity index (χ1v) is 11.5. The van der Waals surface area contributed by atoms with Gasteiger partial charge in [-0.1, -0.05) is 32.0 Å². The van der Waals surface area contributed by atoms with Crippen molar-refractivity contribution in [3.05, 3.63) is 71.2 Å². The Hall–Kier alpha value is -3.58. The lowest BCUT2D eigenvalue weighted by atomic mass is 9.97. The predicted octanol–water partition coefficient (Wildman–Crippen LogP) is 4.51. The SMILES string of the molecule is CCN(CC)CCN1C(=O)C(=O)/C(=C(/O)c2ccc3cc(OC)ccc3c2)C1c1ccc(C)o1. The van der Waals surface area contributed by atoms with Crippen LogP contribution < -0.4 is 4.74 Å². The summed E-state index contributed by atoms with van der Waals surface area (Å²) in [6.07, 6.45) is 0. The number of Topliss-reactive ketones (excluding diaryl/α,β-unsaturated/α-hetero) is 1. The number of hydrogen-bond donors (Lipinski definition) is 1. The van der Waals surface area contributed by atoms with Crippen molar-refractivity contribution in [3.63, 3.8) is 0 Å². The number of likely N-dealkylation sites (tertiary alicyclic amines) is 1. The molecule has 3 aromatic rings. The maximum atomic E-state index is 13.2. The molecule has 2 aromatic carbocycles. The Balaban J connectivity index is 1.79. The van der Waals surface area contributed by atoms with Crippen LogP contribution in [0.4, 0.5) is 0 Å². The Kier molecular flexibility index (Phi) is 6.75. The highest BCUT2D eigenvalue weighted by molar-refractivity contribution is 6.46. The van der Waals surface area contributed by atoms with Gasteiger partial charge in [0.15, 0.2) is 0 Å². The zero-order valence-corrected chi connectivity index (χ0v) is 20.0. The zero-order chi connectivity index (χ0) is 24.4. The summed E-state index contributed by atoms with van der Waals surface area (Å²) in [6.45, 7) is 8.57. The quantitative estimate of drug-likeness (QED) is 0.301. The Bertz CT molecular complexity index is 1250. The van der Waals surface area contributed by atoms with E-state index in [1.807, 2.05) is 31.2 Å². The second kappa shape index (κ2) is 9.73. The van der Waals surface area contributed by atoms with E-state index in [0.717, 1.165) is 29.6 Å². The van der Waals surface area contributed by atoms with Gasteiger partial charge in [-0.25, -0.2) is 0 Å². The van der Waals surface area contributed by atoms with Crippen LogP contribution in [0.2, 0.25) is 0 Å². The monoisotopic (exact) mass is 462 g/mol. The van der Waals surface area contributed by atoms with Gasteiger partial charge in [0.05, 0.1) is 12.7 Å². The molecule has 178 valence electrons. The van der Waals surface area contributed by atoms with Crippen LogP contribution in [0.15, 0.2) is 58.5 Å². The predicted molar refractivity (Wildman–Crippen MR) is 131 cm³/mol. The summed E-state index contributed by atoms with van der Waals surface area (Å²) in [7, 11) is 1.61. The molecule has 2 heterocycles. The Labute approximate surface area is 199 Å². The molecule has 1 fully saturated rings.